The Bertz CT molecular complexity index is 989. The Morgan fingerprint density at radius 1 is 1.22 bits per heavy atom. The summed E-state index contributed by atoms with van der Waals surface area (Å²) in [4.78, 5) is 13.7. The molecule has 0 spiro atoms. The van der Waals surface area contributed by atoms with Gasteiger partial charge in [0.15, 0.2) is 5.13 Å². The Balaban J connectivity index is 0.000000336. The number of allylic oxidation sites excluding steroid dienone is 4. The van der Waals surface area contributed by atoms with Gasteiger partial charge in [0.05, 0.1) is 0 Å². The molecule has 4 nitrogen and oxygen atoms in total. The molecule has 0 fully saturated rings. The molecule has 0 amide bonds. The second-order valence-electron chi connectivity index (χ2n) is 7.36. The second-order valence-corrected chi connectivity index (χ2v) is 8.60. The van der Waals surface area contributed by atoms with Crippen LogP contribution in [0, 0.1) is 6.92 Å². The summed E-state index contributed by atoms with van der Waals surface area (Å²) >= 11 is 1.62. The lowest BCUT2D eigenvalue weighted by Gasteiger charge is -2.08. The molecule has 0 atom stereocenters. The van der Waals surface area contributed by atoms with Crippen molar-refractivity contribution in [3.05, 3.63) is 94.8 Å². The number of aromatic nitrogens is 1. The molecule has 1 aliphatic heterocycles. The average molecular weight is 447 g/mol. The minimum absolute atomic E-state index is 0.830. The van der Waals surface area contributed by atoms with E-state index < -0.39 is 0 Å². The molecule has 0 radical (unpaired) electrons. The number of rotatable bonds is 9. The molecule has 2 heterocycles. The van der Waals surface area contributed by atoms with Crippen LogP contribution in [0.1, 0.15) is 43.6 Å². The smallest absolute Gasteiger partial charge is 0.187 e. The van der Waals surface area contributed by atoms with Crippen LogP contribution in [-0.2, 0) is 6.42 Å². The predicted octanol–water partition coefficient (Wildman–Crippen LogP) is 7.34. The Labute approximate surface area is 196 Å². The summed E-state index contributed by atoms with van der Waals surface area (Å²) in [7, 11) is 1.75. The summed E-state index contributed by atoms with van der Waals surface area (Å²) in [5.41, 5.74) is 5.94. The Hall–Kier alpha value is -3.05. The van der Waals surface area contributed by atoms with E-state index in [1.54, 1.807) is 24.6 Å². The maximum atomic E-state index is 4.32. The third-order valence-corrected chi connectivity index (χ3v) is 5.69. The van der Waals surface area contributed by atoms with Gasteiger partial charge in [-0.05, 0) is 49.0 Å². The van der Waals surface area contributed by atoms with E-state index in [1.165, 1.54) is 21.7 Å². The number of nitrogens with zero attached hydrogens (tertiary/aromatic N) is 3. The minimum atomic E-state index is 0.830. The van der Waals surface area contributed by atoms with Crippen molar-refractivity contribution in [3.8, 4) is 0 Å². The van der Waals surface area contributed by atoms with Crippen LogP contribution in [0.25, 0.3) is 0 Å². The number of aryl methyl sites for hydroxylation is 1. The molecule has 32 heavy (non-hydrogen) atoms. The first-order valence-corrected chi connectivity index (χ1v) is 11.8. The van der Waals surface area contributed by atoms with E-state index in [0.717, 1.165) is 42.1 Å². The topological polar surface area (TPSA) is 49.6 Å². The van der Waals surface area contributed by atoms with Crippen molar-refractivity contribution in [2.24, 2.45) is 9.98 Å². The molecule has 0 saturated heterocycles. The van der Waals surface area contributed by atoms with Crippen LogP contribution < -0.4 is 5.32 Å². The number of thiazole rings is 1. The van der Waals surface area contributed by atoms with E-state index in [9.17, 15) is 0 Å². The van der Waals surface area contributed by atoms with Crippen LogP contribution in [0.2, 0.25) is 0 Å². The number of anilines is 1. The zero-order valence-corrected chi connectivity index (χ0v) is 20.5. The summed E-state index contributed by atoms with van der Waals surface area (Å²) in [6.45, 7) is 10.5. The van der Waals surface area contributed by atoms with Crippen molar-refractivity contribution >= 4 is 28.4 Å². The quantitative estimate of drug-likeness (QED) is 0.324. The lowest BCUT2D eigenvalue weighted by Crippen LogP contribution is -2.00. The van der Waals surface area contributed by atoms with Gasteiger partial charge < -0.3 is 5.32 Å². The number of hydrogen-bond donors (Lipinski definition) is 1. The average Bonchev–Trinajstić information content (AvgIpc) is 3.45. The van der Waals surface area contributed by atoms with Crippen molar-refractivity contribution in [2.75, 3.05) is 12.4 Å². The fraction of sp³-hybridized carbons (Fsp3) is 0.296. The Kier molecular flexibility index (Phi) is 11.1. The monoisotopic (exact) mass is 446 g/mol. The Morgan fingerprint density at radius 3 is 2.56 bits per heavy atom. The van der Waals surface area contributed by atoms with Gasteiger partial charge in [0.1, 0.15) is 0 Å². The maximum absolute atomic E-state index is 4.32. The molecule has 1 aromatic heterocycles. The molecule has 168 valence electrons. The molecular weight excluding hydrogens is 412 g/mol. The Morgan fingerprint density at radius 2 is 2.00 bits per heavy atom. The van der Waals surface area contributed by atoms with Gasteiger partial charge in [0.25, 0.3) is 0 Å². The van der Waals surface area contributed by atoms with Crippen molar-refractivity contribution in [2.45, 2.75) is 46.5 Å². The van der Waals surface area contributed by atoms with Crippen molar-refractivity contribution in [3.63, 3.8) is 0 Å². The number of aliphatic imine (C=N–C) groups is 2. The fourth-order valence-corrected chi connectivity index (χ4v) is 3.64. The molecule has 0 unspecified atom stereocenters. The highest BCUT2D eigenvalue weighted by atomic mass is 32.1. The molecule has 0 bridgehead atoms. The van der Waals surface area contributed by atoms with E-state index >= 15 is 0 Å². The zero-order valence-electron chi connectivity index (χ0n) is 19.6. The van der Waals surface area contributed by atoms with E-state index in [-0.39, 0.29) is 0 Å². The number of nitrogens with one attached hydrogen (secondary N) is 1. The standard InChI is InChI=1S/C19H21N3S.C8H13N/c1-15-14-21-19(23-15)22-16(2)18(10-7-13-20-3)12-11-17-8-5-4-6-9-17;1-3-7-5-8(4-2)9-6-7/h4-10,12-14H,2,11H2,1,3H3,(H,21,22);6H,3-5H2,1-2H3/b10-7-,18-12-,20-13?;. The molecule has 1 aliphatic rings. The summed E-state index contributed by atoms with van der Waals surface area (Å²) in [5, 5.41) is 4.13. The summed E-state index contributed by atoms with van der Waals surface area (Å²) in [6, 6.07) is 10.4. The first kappa shape index (κ1) is 25.2. The molecule has 1 aromatic carbocycles. The van der Waals surface area contributed by atoms with Crippen LogP contribution in [0.15, 0.2) is 94.4 Å². The van der Waals surface area contributed by atoms with Crippen molar-refractivity contribution in [1.29, 1.82) is 0 Å². The van der Waals surface area contributed by atoms with Crippen LogP contribution in [0.3, 0.4) is 0 Å². The van der Waals surface area contributed by atoms with Crippen molar-refractivity contribution in [1.82, 2.24) is 4.98 Å². The van der Waals surface area contributed by atoms with Gasteiger partial charge >= 0.3 is 0 Å². The lowest BCUT2D eigenvalue weighted by molar-refractivity contribution is 1.06. The molecule has 0 saturated carbocycles. The van der Waals surface area contributed by atoms with E-state index in [2.05, 4.69) is 58.9 Å². The van der Waals surface area contributed by atoms with Crippen LogP contribution in [-0.4, -0.2) is 24.0 Å². The number of benzene rings is 1. The van der Waals surface area contributed by atoms with Gasteiger partial charge in [-0.1, -0.05) is 62.9 Å². The largest absolute Gasteiger partial charge is 0.332 e. The van der Waals surface area contributed by atoms with Gasteiger partial charge in [-0.15, -0.1) is 11.3 Å². The van der Waals surface area contributed by atoms with Gasteiger partial charge in [0, 0.05) is 48.4 Å². The van der Waals surface area contributed by atoms with Gasteiger partial charge in [-0.25, -0.2) is 4.98 Å². The summed E-state index contributed by atoms with van der Waals surface area (Å²) < 4.78 is 0. The summed E-state index contributed by atoms with van der Waals surface area (Å²) in [5.74, 6) is 0. The highest BCUT2D eigenvalue weighted by molar-refractivity contribution is 7.15. The second kappa shape index (κ2) is 14.1. The van der Waals surface area contributed by atoms with E-state index in [4.69, 9.17) is 0 Å². The predicted molar refractivity (Wildman–Crippen MR) is 142 cm³/mol. The number of hydrogen-bond acceptors (Lipinski definition) is 5. The molecule has 0 aliphatic carbocycles. The lowest BCUT2D eigenvalue weighted by atomic mass is 10.1. The normalized spacial score (nSPS) is 13.7. The fourth-order valence-electron chi connectivity index (χ4n) is 2.95. The zero-order chi connectivity index (χ0) is 23.2. The van der Waals surface area contributed by atoms with Gasteiger partial charge in [0.2, 0.25) is 0 Å². The van der Waals surface area contributed by atoms with Gasteiger partial charge in [-0.2, -0.15) is 0 Å². The first-order chi connectivity index (χ1) is 15.5. The molecule has 5 heteroatoms. The minimum Gasteiger partial charge on any atom is -0.332 e. The van der Waals surface area contributed by atoms with Crippen LogP contribution in [0.4, 0.5) is 5.13 Å². The third-order valence-electron chi connectivity index (χ3n) is 4.86. The van der Waals surface area contributed by atoms with Crippen LogP contribution in [0.5, 0.6) is 0 Å². The summed E-state index contributed by atoms with van der Waals surface area (Å²) in [6.07, 6.45) is 16.0. The maximum Gasteiger partial charge on any atom is 0.187 e. The van der Waals surface area contributed by atoms with Crippen LogP contribution >= 0.6 is 11.3 Å². The SMILES string of the molecule is C=C(Nc1ncc(C)s1)C(/C=C\C=NC)=C\Cc1ccccc1.CCC1=CN=C(CC)C1. The third kappa shape index (κ3) is 8.98. The molecule has 2 aromatic rings. The van der Waals surface area contributed by atoms with Crippen molar-refractivity contribution < 1.29 is 0 Å². The first-order valence-electron chi connectivity index (χ1n) is 11.0. The molecule has 1 N–H and O–H groups in total. The highest BCUT2D eigenvalue weighted by Crippen LogP contribution is 2.21. The van der Waals surface area contributed by atoms with E-state index in [1.807, 2.05) is 49.7 Å². The highest BCUT2D eigenvalue weighted by Gasteiger charge is 2.05. The molecule has 3 rings (SSSR count). The van der Waals surface area contributed by atoms with Gasteiger partial charge in [-0.3, -0.25) is 9.98 Å². The van der Waals surface area contributed by atoms with E-state index in [0.29, 0.717) is 0 Å². The molecular formula is C27H34N4S.